The van der Waals surface area contributed by atoms with E-state index in [1.54, 1.807) is 37.3 Å². The van der Waals surface area contributed by atoms with Gasteiger partial charge in [-0.15, -0.1) is 10.2 Å². The van der Waals surface area contributed by atoms with Gasteiger partial charge in [-0.1, -0.05) is 18.2 Å². The van der Waals surface area contributed by atoms with Gasteiger partial charge in [-0.25, -0.2) is 8.78 Å². The highest BCUT2D eigenvalue weighted by Gasteiger charge is 2.21. The summed E-state index contributed by atoms with van der Waals surface area (Å²) in [5.74, 6) is -0.501. The number of aromatic amines is 1. The average Bonchev–Trinajstić information content (AvgIpc) is 3.38. The van der Waals surface area contributed by atoms with Crippen LogP contribution in [0.4, 0.5) is 14.5 Å². The summed E-state index contributed by atoms with van der Waals surface area (Å²) in [5.41, 5.74) is 3.23. The lowest BCUT2D eigenvalue weighted by Crippen LogP contribution is -2.13. The third-order valence-electron chi connectivity index (χ3n) is 5.92. The zero-order valence-electron chi connectivity index (χ0n) is 19.2. The van der Waals surface area contributed by atoms with Crippen LogP contribution in [-0.2, 0) is 0 Å². The first-order valence-electron chi connectivity index (χ1n) is 11.0. The van der Waals surface area contributed by atoms with E-state index in [2.05, 4.69) is 25.9 Å². The van der Waals surface area contributed by atoms with E-state index in [0.29, 0.717) is 33.3 Å². The number of hydrogen-bond donors (Lipinski definition) is 2. The monoisotopic (exact) mass is 473 g/mol. The number of nitrogens with one attached hydrogen (secondary N) is 2. The lowest BCUT2D eigenvalue weighted by atomic mass is 9.98. The topological polar surface area (TPSA) is 96.7 Å². The van der Waals surface area contributed by atoms with Gasteiger partial charge in [0.05, 0.1) is 17.0 Å². The predicted molar refractivity (Wildman–Crippen MR) is 129 cm³/mol. The number of tetrazole rings is 1. The third kappa shape index (κ3) is 4.05. The second-order valence-electron chi connectivity index (χ2n) is 8.39. The lowest BCUT2D eigenvalue weighted by molar-refractivity contribution is 0.586. The number of hydrogen-bond acceptors (Lipinski definition) is 6. The van der Waals surface area contributed by atoms with Crippen molar-refractivity contribution in [2.75, 3.05) is 5.32 Å². The SMILES string of the molecule is Cc1cc([C@@H](C)Nc2ccc(F)cc2-c2nn[nH]n2)c2oc(-c3ccccc3F)c(C)c(=O)c2c1. The maximum absolute atomic E-state index is 14.6. The Kier molecular flexibility index (Phi) is 5.60. The molecular formula is C26H21F2N5O2. The lowest BCUT2D eigenvalue weighted by Gasteiger charge is -2.20. The quantitative estimate of drug-likeness (QED) is 0.340. The molecule has 0 fully saturated rings. The van der Waals surface area contributed by atoms with Crippen molar-refractivity contribution in [3.8, 4) is 22.7 Å². The van der Waals surface area contributed by atoms with Gasteiger partial charge in [0, 0.05) is 22.4 Å². The molecule has 7 nitrogen and oxygen atoms in total. The van der Waals surface area contributed by atoms with Gasteiger partial charge in [0.1, 0.15) is 23.0 Å². The summed E-state index contributed by atoms with van der Waals surface area (Å²) in [6.45, 7) is 5.41. The highest BCUT2D eigenvalue weighted by Crippen LogP contribution is 2.34. The summed E-state index contributed by atoms with van der Waals surface area (Å²) in [7, 11) is 0. The number of benzene rings is 3. The van der Waals surface area contributed by atoms with Crippen molar-refractivity contribution < 1.29 is 13.2 Å². The summed E-state index contributed by atoms with van der Waals surface area (Å²) in [6.07, 6.45) is 0. The van der Waals surface area contributed by atoms with E-state index < -0.39 is 11.6 Å². The number of anilines is 1. The average molecular weight is 473 g/mol. The third-order valence-corrected chi connectivity index (χ3v) is 5.92. The van der Waals surface area contributed by atoms with E-state index >= 15 is 0 Å². The van der Waals surface area contributed by atoms with Crippen LogP contribution < -0.4 is 10.7 Å². The maximum Gasteiger partial charge on any atom is 0.206 e. The van der Waals surface area contributed by atoms with Crippen molar-refractivity contribution in [2.24, 2.45) is 0 Å². The van der Waals surface area contributed by atoms with Crippen molar-refractivity contribution in [3.05, 3.63) is 93.1 Å². The minimum Gasteiger partial charge on any atom is -0.455 e. The molecule has 0 unspecified atom stereocenters. The Balaban J connectivity index is 1.66. The smallest absolute Gasteiger partial charge is 0.206 e. The number of rotatable bonds is 5. The van der Waals surface area contributed by atoms with Crippen molar-refractivity contribution >= 4 is 16.7 Å². The molecule has 9 heteroatoms. The molecule has 35 heavy (non-hydrogen) atoms. The fourth-order valence-corrected chi connectivity index (χ4v) is 4.21. The summed E-state index contributed by atoms with van der Waals surface area (Å²) in [4.78, 5) is 13.3. The Labute approximate surface area is 198 Å². The van der Waals surface area contributed by atoms with Crippen LogP contribution in [0.1, 0.15) is 29.7 Å². The highest BCUT2D eigenvalue weighted by atomic mass is 19.1. The molecule has 0 bridgehead atoms. The molecule has 0 aliphatic carbocycles. The van der Waals surface area contributed by atoms with Crippen molar-refractivity contribution in [2.45, 2.75) is 26.8 Å². The Morgan fingerprint density at radius 2 is 1.83 bits per heavy atom. The Bertz CT molecular complexity index is 1610. The van der Waals surface area contributed by atoms with Gasteiger partial charge in [-0.2, -0.15) is 5.21 Å². The van der Waals surface area contributed by atoms with Crippen LogP contribution >= 0.6 is 0 Å². The molecule has 5 aromatic rings. The Morgan fingerprint density at radius 1 is 1.03 bits per heavy atom. The fourth-order valence-electron chi connectivity index (χ4n) is 4.21. The second kappa shape index (κ2) is 8.75. The van der Waals surface area contributed by atoms with Crippen LogP contribution in [-0.4, -0.2) is 20.6 Å². The van der Waals surface area contributed by atoms with Gasteiger partial charge in [0.15, 0.2) is 5.43 Å². The van der Waals surface area contributed by atoms with E-state index in [0.717, 1.165) is 5.56 Å². The molecule has 0 amide bonds. The Hall–Kier alpha value is -4.40. The standard InChI is InChI=1S/C26H21F2N5O2/c1-13-10-18(15(3)29-22-9-8-16(27)12-19(22)26-30-32-33-31-26)25-20(11-13)23(34)14(2)24(35-25)17-6-4-5-7-21(17)28/h4-12,15,29H,1-3H3,(H,30,31,32,33)/t15-/m1/s1. The first-order chi connectivity index (χ1) is 16.8. The highest BCUT2D eigenvalue weighted by molar-refractivity contribution is 5.85. The van der Waals surface area contributed by atoms with Crippen molar-refractivity contribution in [3.63, 3.8) is 0 Å². The van der Waals surface area contributed by atoms with E-state index in [9.17, 15) is 13.6 Å². The zero-order chi connectivity index (χ0) is 24.7. The van der Waals surface area contributed by atoms with E-state index in [4.69, 9.17) is 4.42 Å². The normalized spacial score (nSPS) is 12.1. The molecule has 0 aliphatic rings. The number of halogens is 2. The number of aromatic nitrogens is 4. The largest absolute Gasteiger partial charge is 0.455 e. The molecule has 176 valence electrons. The molecule has 2 heterocycles. The van der Waals surface area contributed by atoms with Crippen molar-refractivity contribution in [1.29, 1.82) is 0 Å². The molecule has 2 N–H and O–H groups in total. The van der Waals surface area contributed by atoms with Gasteiger partial charge in [-0.3, -0.25) is 4.79 Å². The fraction of sp³-hybridized carbons (Fsp3) is 0.154. The van der Waals surface area contributed by atoms with Crippen molar-refractivity contribution in [1.82, 2.24) is 20.6 Å². The van der Waals surface area contributed by atoms with Crippen LogP contribution in [0, 0.1) is 25.5 Å². The minimum atomic E-state index is -0.478. The molecule has 0 saturated heterocycles. The van der Waals surface area contributed by atoms with E-state index in [1.165, 1.54) is 18.2 Å². The molecule has 3 aromatic carbocycles. The predicted octanol–water partition coefficient (Wildman–Crippen LogP) is 5.71. The molecule has 0 saturated carbocycles. The van der Waals surface area contributed by atoms with Gasteiger partial charge in [0.25, 0.3) is 0 Å². The zero-order valence-corrected chi connectivity index (χ0v) is 19.2. The summed E-state index contributed by atoms with van der Waals surface area (Å²) in [5, 5.41) is 17.6. The molecule has 0 radical (unpaired) electrons. The molecule has 1 atom stereocenters. The molecule has 0 spiro atoms. The summed E-state index contributed by atoms with van der Waals surface area (Å²) >= 11 is 0. The maximum atomic E-state index is 14.6. The number of fused-ring (bicyclic) bond motifs is 1. The molecule has 5 rings (SSSR count). The van der Waals surface area contributed by atoms with Crippen LogP contribution in [0.25, 0.3) is 33.7 Å². The van der Waals surface area contributed by atoms with Crippen LogP contribution in [0.15, 0.2) is 63.8 Å². The first kappa shape index (κ1) is 22.4. The number of nitrogens with zero attached hydrogens (tertiary/aromatic N) is 3. The van der Waals surface area contributed by atoms with Gasteiger partial charge in [-0.05, 0) is 67.9 Å². The van der Waals surface area contributed by atoms with Crippen LogP contribution in [0.5, 0.6) is 0 Å². The molecule has 0 aliphatic heterocycles. The first-order valence-corrected chi connectivity index (χ1v) is 11.0. The van der Waals surface area contributed by atoms with Gasteiger partial charge >= 0.3 is 0 Å². The second-order valence-corrected chi connectivity index (χ2v) is 8.39. The van der Waals surface area contributed by atoms with Crippen LogP contribution in [0.3, 0.4) is 0 Å². The van der Waals surface area contributed by atoms with E-state index in [1.807, 2.05) is 19.9 Å². The van der Waals surface area contributed by atoms with Gasteiger partial charge in [0.2, 0.25) is 5.82 Å². The molecular weight excluding hydrogens is 452 g/mol. The van der Waals surface area contributed by atoms with Gasteiger partial charge < -0.3 is 9.73 Å². The van der Waals surface area contributed by atoms with Crippen LogP contribution in [0.2, 0.25) is 0 Å². The minimum absolute atomic E-state index is 0.187. The number of H-pyrrole nitrogens is 1. The summed E-state index contributed by atoms with van der Waals surface area (Å²) in [6, 6.07) is 13.7. The molecule has 2 aromatic heterocycles. The Morgan fingerprint density at radius 3 is 2.57 bits per heavy atom. The number of aryl methyl sites for hydroxylation is 1. The van der Waals surface area contributed by atoms with E-state index in [-0.39, 0.29) is 28.6 Å². The summed E-state index contributed by atoms with van der Waals surface area (Å²) < 4.78 is 34.8.